The van der Waals surface area contributed by atoms with Crippen molar-refractivity contribution in [2.75, 3.05) is 49.6 Å². The number of halogens is 2. The van der Waals surface area contributed by atoms with Crippen LogP contribution in [0.3, 0.4) is 0 Å². The van der Waals surface area contributed by atoms with Crippen LogP contribution in [0.2, 0.25) is 0 Å². The average Bonchev–Trinajstić information content (AvgIpc) is 2.73. The first-order valence-corrected chi connectivity index (χ1v) is 11.4. The summed E-state index contributed by atoms with van der Waals surface area (Å²) >= 11 is 0. The lowest BCUT2D eigenvalue weighted by molar-refractivity contribution is -0.124. The Morgan fingerprint density at radius 3 is 2.28 bits per heavy atom. The summed E-state index contributed by atoms with van der Waals surface area (Å²) in [4.78, 5) is 19.9. The van der Waals surface area contributed by atoms with Gasteiger partial charge in [-0.05, 0) is 74.5 Å². The quantitative estimate of drug-likeness (QED) is 0.654. The highest BCUT2D eigenvalue weighted by Gasteiger charge is 2.34. The SMILES string of the molecule is Cc1cc(N2CCN(C)CC2)cc(C)c1N1C[C@@H](Cc2ccccc2F)C[C@@H](C)C1=O.Cl. The third-order valence-corrected chi connectivity index (χ3v) is 6.90. The number of likely N-dealkylation sites (N-methyl/N-ethyl adjacent to an activating group) is 1. The number of rotatable bonds is 4. The van der Waals surface area contributed by atoms with E-state index in [1.165, 1.54) is 11.8 Å². The smallest absolute Gasteiger partial charge is 0.229 e. The van der Waals surface area contributed by atoms with Crippen molar-refractivity contribution in [3.05, 3.63) is 58.9 Å². The fourth-order valence-corrected chi connectivity index (χ4v) is 5.22. The van der Waals surface area contributed by atoms with Crippen LogP contribution in [0.25, 0.3) is 0 Å². The number of piperidine rings is 1. The summed E-state index contributed by atoms with van der Waals surface area (Å²) < 4.78 is 14.2. The molecule has 2 aliphatic heterocycles. The molecule has 2 saturated heterocycles. The first kappa shape index (κ1) is 24.5. The Morgan fingerprint density at radius 1 is 1.03 bits per heavy atom. The van der Waals surface area contributed by atoms with Crippen molar-refractivity contribution < 1.29 is 9.18 Å². The van der Waals surface area contributed by atoms with Gasteiger partial charge in [0.15, 0.2) is 0 Å². The molecule has 0 bridgehead atoms. The van der Waals surface area contributed by atoms with E-state index in [2.05, 4.69) is 42.8 Å². The molecule has 0 spiro atoms. The summed E-state index contributed by atoms with van der Waals surface area (Å²) in [6.07, 6.45) is 1.47. The van der Waals surface area contributed by atoms with Crippen molar-refractivity contribution >= 4 is 29.7 Å². The zero-order valence-corrected chi connectivity index (χ0v) is 20.4. The topological polar surface area (TPSA) is 26.8 Å². The molecule has 0 aliphatic carbocycles. The average molecular weight is 460 g/mol. The highest BCUT2D eigenvalue weighted by Crippen LogP contribution is 2.36. The molecule has 1 amide bonds. The van der Waals surface area contributed by atoms with E-state index in [4.69, 9.17) is 0 Å². The van der Waals surface area contributed by atoms with Gasteiger partial charge in [-0.25, -0.2) is 4.39 Å². The summed E-state index contributed by atoms with van der Waals surface area (Å²) in [5, 5.41) is 0. The van der Waals surface area contributed by atoms with E-state index in [0.29, 0.717) is 13.0 Å². The molecule has 2 heterocycles. The van der Waals surface area contributed by atoms with E-state index in [1.54, 1.807) is 6.07 Å². The summed E-state index contributed by atoms with van der Waals surface area (Å²) in [6.45, 7) is 11.1. The molecule has 2 aromatic rings. The molecule has 0 N–H and O–H groups in total. The van der Waals surface area contributed by atoms with Gasteiger partial charge < -0.3 is 14.7 Å². The highest BCUT2D eigenvalue weighted by molar-refractivity contribution is 5.97. The first-order chi connectivity index (χ1) is 14.8. The lowest BCUT2D eigenvalue weighted by atomic mass is 9.84. The van der Waals surface area contributed by atoms with E-state index in [9.17, 15) is 9.18 Å². The van der Waals surface area contributed by atoms with Gasteiger partial charge in [-0.3, -0.25) is 4.79 Å². The largest absolute Gasteiger partial charge is 0.369 e. The van der Waals surface area contributed by atoms with Crippen molar-refractivity contribution in [1.82, 2.24) is 4.90 Å². The number of anilines is 2. The van der Waals surface area contributed by atoms with E-state index >= 15 is 0 Å². The maximum Gasteiger partial charge on any atom is 0.229 e. The van der Waals surface area contributed by atoms with Crippen LogP contribution in [0.1, 0.15) is 30.0 Å². The summed E-state index contributed by atoms with van der Waals surface area (Å²) in [5.74, 6) is 0.230. The highest BCUT2D eigenvalue weighted by atomic mass is 35.5. The van der Waals surface area contributed by atoms with Crippen molar-refractivity contribution in [2.24, 2.45) is 11.8 Å². The van der Waals surface area contributed by atoms with Gasteiger partial charge >= 0.3 is 0 Å². The number of hydrogen-bond acceptors (Lipinski definition) is 3. The zero-order chi connectivity index (χ0) is 22.1. The first-order valence-electron chi connectivity index (χ1n) is 11.4. The fourth-order valence-electron chi connectivity index (χ4n) is 5.22. The van der Waals surface area contributed by atoms with Crippen LogP contribution < -0.4 is 9.80 Å². The second-order valence-corrected chi connectivity index (χ2v) is 9.47. The fraction of sp³-hybridized carbons (Fsp3) is 0.500. The van der Waals surface area contributed by atoms with Gasteiger partial charge in [0.25, 0.3) is 0 Å². The second-order valence-electron chi connectivity index (χ2n) is 9.47. The van der Waals surface area contributed by atoms with Crippen LogP contribution in [-0.2, 0) is 11.2 Å². The Kier molecular flexibility index (Phi) is 7.84. The van der Waals surface area contributed by atoms with Gasteiger partial charge in [-0.2, -0.15) is 0 Å². The molecule has 4 nitrogen and oxygen atoms in total. The van der Waals surface area contributed by atoms with Gasteiger partial charge in [-0.1, -0.05) is 25.1 Å². The number of hydrogen-bond donors (Lipinski definition) is 0. The van der Waals surface area contributed by atoms with Crippen LogP contribution in [0, 0.1) is 31.5 Å². The normalized spacial score (nSPS) is 22.1. The Balaban J connectivity index is 0.00000289. The van der Waals surface area contributed by atoms with Crippen molar-refractivity contribution in [2.45, 2.75) is 33.6 Å². The maximum absolute atomic E-state index is 14.2. The number of benzene rings is 2. The van der Waals surface area contributed by atoms with Crippen LogP contribution >= 0.6 is 12.4 Å². The molecular formula is C26H35ClFN3O. The summed E-state index contributed by atoms with van der Waals surface area (Å²) in [5.41, 5.74) is 5.30. The monoisotopic (exact) mass is 459 g/mol. The van der Waals surface area contributed by atoms with E-state index in [0.717, 1.165) is 55.0 Å². The predicted octanol–water partition coefficient (Wildman–Crippen LogP) is 4.85. The van der Waals surface area contributed by atoms with Gasteiger partial charge in [-0.15, -0.1) is 12.4 Å². The molecule has 6 heteroatoms. The number of carbonyl (C=O) groups is 1. The van der Waals surface area contributed by atoms with Crippen molar-refractivity contribution in [1.29, 1.82) is 0 Å². The minimum atomic E-state index is -0.150. The lowest BCUT2D eigenvalue weighted by Gasteiger charge is -2.39. The zero-order valence-electron chi connectivity index (χ0n) is 19.6. The number of nitrogens with zero attached hydrogens (tertiary/aromatic N) is 3. The molecule has 0 saturated carbocycles. The Morgan fingerprint density at radius 2 is 1.66 bits per heavy atom. The maximum atomic E-state index is 14.2. The van der Waals surface area contributed by atoms with Crippen LogP contribution in [0.15, 0.2) is 36.4 Å². The third kappa shape index (κ3) is 5.10. The van der Waals surface area contributed by atoms with Crippen molar-refractivity contribution in [3.63, 3.8) is 0 Å². The molecule has 0 aromatic heterocycles. The molecule has 2 atom stereocenters. The second kappa shape index (κ2) is 10.2. The minimum absolute atomic E-state index is 0. The Bertz CT molecular complexity index is 935. The van der Waals surface area contributed by atoms with Crippen LogP contribution in [-0.4, -0.2) is 50.6 Å². The number of carbonyl (C=O) groups excluding carboxylic acids is 1. The molecule has 0 radical (unpaired) electrons. The molecule has 174 valence electrons. The van der Waals surface area contributed by atoms with E-state index in [-0.39, 0.29) is 36.0 Å². The van der Waals surface area contributed by atoms with Gasteiger partial charge in [0.1, 0.15) is 5.82 Å². The lowest BCUT2D eigenvalue weighted by Crippen LogP contribution is -2.46. The summed E-state index contributed by atoms with van der Waals surface area (Å²) in [6, 6.07) is 11.5. The van der Waals surface area contributed by atoms with Crippen LogP contribution in [0.4, 0.5) is 15.8 Å². The molecule has 2 aromatic carbocycles. The van der Waals surface area contributed by atoms with Gasteiger partial charge in [0.2, 0.25) is 5.91 Å². The third-order valence-electron chi connectivity index (χ3n) is 6.90. The summed E-state index contributed by atoms with van der Waals surface area (Å²) in [7, 11) is 2.16. The number of aryl methyl sites for hydroxylation is 2. The Hall–Kier alpha value is -2.11. The van der Waals surface area contributed by atoms with Crippen molar-refractivity contribution in [3.8, 4) is 0 Å². The molecule has 2 fully saturated rings. The molecule has 2 aliphatic rings. The van der Waals surface area contributed by atoms with Crippen LogP contribution in [0.5, 0.6) is 0 Å². The standard InChI is InChI=1S/C26H34FN3O.ClH/c1-18-14-23(29-11-9-28(4)10-12-29)15-19(2)25(18)30-17-21(13-20(3)26(30)31)16-22-7-5-6-8-24(22)27;/h5-8,14-15,20-21H,9-13,16-17H2,1-4H3;1H/t20-,21-;/m1./s1. The predicted molar refractivity (Wildman–Crippen MR) is 133 cm³/mol. The minimum Gasteiger partial charge on any atom is -0.369 e. The number of amides is 1. The molecule has 0 unspecified atom stereocenters. The van der Waals surface area contributed by atoms with E-state index < -0.39 is 0 Å². The molecule has 32 heavy (non-hydrogen) atoms. The molecule has 4 rings (SSSR count). The molecular weight excluding hydrogens is 425 g/mol. The van der Waals surface area contributed by atoms with Gasteiger partial charge in [0, 0.05) is 50.0 Å². The Labute approximate surface area is 197 Å². The van der Waals surface area contributed by atoms with Gasteiger partial charge in [0.05, 0.1) is 0 Å². The number of piperazine rings is 1. The van der Waals surface area contributed by atoms with E-state index in [1.807, 2.05) is 24.0 Å².